The van der Waals surface area contributed by atoms with E-state index >= 15 is 0 Å². The van der Waals surface area contributed by atoms with E-state index in [4.69, 9.17) is 16.6 Å². The molecule has 0 spiro atoms. The third-order valence-electron chi connectivity index (χ3n) is 3.99. The van der Waals surface area contributed by atoms with E-state index in [-0.39, 0.29) is 24.0 Å². The fourth-order valence-electron chi connectivity index (χ4n) is 2.68. The van der Waals surface area contributed by atoms with Crippen molar-refractivity contribution in [3.8, 4) is 0 Å². The quantitative estimate of drug-likeness (QED) is 0.249. The Morgan fingerprint density at radius 2 is 2.07 bits per heavy atom. The standard InChI is InChI=1S/C19H29ClN6.HI/c1-5-21-19(22-9-8-17-6-7-18(20)23-12-17)24-11-14(2)13-26-16(4)10-15(3)25-26;/h6-7,10,12,14H,5,8-9,11,13H2,1-4H3,(H2,21,22,24);1H. The predicted octanol–water partition coefficient (Wildman–Crippen LogP) is 3.60. The molecule has 0 amide bonds. The Balaban J connectivity index is 0.00000364. The molecule has 0 aromatic carbocycles. The molecule has 2 aromatic rings. The van der Waals surface area contributed by atoms with Crippen LogP contribution in [-0.4, -0.2) is 40.4 Å². The van der Waals surface area contributed by atoms with Gasteiger partial charge in [0.1, 0.15) is 5.15 Å². The van der Waals surface area contributed by atoms with E-state index in [1.54, 1.807) is 0 Å². The first kappa shape index (κ1) is 23.7. The first-order valence-corrected chi connectivity index (χ1v) is 9.49. The summed E-state index contributed by atoms with van der Waals surface area (Å²) in [5.74, 6) is 1.25. The van der Waals surface area contributed by atoms with Crippen LogP contribution in [0.25, 0.3) is 0 Å². The highest BCUT2D eigenvalue weighted by Crippen LogP contribution is 2.07. The SMILES string of the molecule is CCNC(=NCC(C)Cn1nc(C)cc1C)NCCc1ccc(Cl)nc1.I. The van der Waals surface area contributed by atoms with Gasteiger partial charge < -0.3 is 10.6 Å². The van der Waals surface area contributed by atoms with Crippen LogP contribution < -0.4 is 10.6 Å². The third kappa shape index (κ3) is 8.47. The second-order valence-corrected chi connectivity index (χ2v) is 6.99. The molecule has 2 rings (SSSR count). The predicted molar refractivity (Wildman–Crippen MR) is 123 cm³/mol. The summed E-state index contributed by atoms with van der Waals surface area (Å²) >= 11 is 5.82. The molecule has 0 bridgehead atoms. The second kappa shape index (κ2) is 12.2. The Labute approximate surface area is 184 Å². The molecule has 27 heavy (non-hydrogen) atoms. The number of nitrogens with zero attached hydrogens (tertiary/aromatic N) is 4. The largest absolute Gasteiger partial charge is 0.357 e. The van der Waals surface area contributed by atoms with Crippen molar-refractivity contribution in [2.75, 3.05) is 19.6 Å². The van der Waals surface area contributed by atoms with E-state index in [0.717, 1.165) is 49.8 Å². The maximum atomic E-state index is 5.82. The summed E-state index contributed by atoms with van der Waals surface area (Å²) < 4.78 is 2.06. The molecule has 0 saturated heterocycles. The van der Waals surface area contributed by atoms with Crippen LogP contribution in [0, 0.1) is 19.8 Å². The van der Waals surface area contributed by atoms with Gasteiger partial charge in [-0.3, -0.25) is 9.67 Å². The monoisotopic (exact) mass is 504 g/mol. The van der Waals surface area contributed by atoms with Crippen LogP contribution in [-0.2, 0) is 13.0 Å². The minimum atomic E-state index is 0. The van der Waals surface area contributed by atoms with Gasteiger partial charge in [-0.15, -0.1) is 24.0 Å². The van der Waals surface area contributed by atoms with Crippen LogP contribution >= 0.6 is 35.6 Å². The van der Waals surface area contributed by atoms with Crippen molar-refractivity contribution in [1.82, 2.24) is 25.4 Å². The maximum absolute atomic E-state index is 5.82. The van der Waals surface area contributed by atoms with Crippen molar-refractivity contribution in [2.45, 2.75) is 40.7 Å². The van der Waals surface area contributed by atoms with E-state index in [0.29, 0.717) is 11.1 Å². The van der Waals surface area contributed by atoms with E-state index in [9.17, 15) is 0 Å². The number of pyridine rings is 1. The van der Waals surface area contributed by atoms with Crippen molar-refractivity contribution in [1.29, 1.82) is 0 Å². The summed E-state index contributed by atoms with van der Waals surface area (Å²) in [5.41, 5.74) is 3.40. The highest BCUT2D eigenvalue weighted by molar-refractivity contribution is 14.0. The highest BCUT2D eigenvalue weighted by atomic mass is 127. The molecule has 1 atom stereocenters. The average molecular weight is 505 g/mol. The van der Waals surface area contributed by atoms with E-state index in [1.807, 2.05) is 25.3 Å². The Morgan fingerprint density at radius 1 is 1.30 bits per heavy atom. The van der Waals surface area contributed by atoms with E-state index in [1.165, 1.54) is 5.69 Å². The molecule has 0 aliphatic heterocycles. The van der Waals surface area contributed by atoms with Gasteiger partial charge in [0.05, 0.1) is 5.69 Å². The number of nitrogens with one attached hydrogen (secondary N) is 2. The highest BCUT2D eigenvalue weighted by Gasteiger charge is 2.07. The molecule has 0 aliphatic carbocycles. The van der Waals surface area contributed by atoms with Gasteiger partial charge >= 0.3 is 0 Å². The number of hydrogen-bond donors (Lipinski definition) is 2. The molecule has 2 aromatic heterocycles. The number of halogens is 2. The zero-order valence-corrected chi connectivity index (χ0v) is 19.6. The van der Waals surface area contributed by atoms with Gasteiger partial charge in [-0.25, -0.2) is 4.98 Å². The average Bonchev–Trinajstić information content (AvgIpc) is 2.91. The van der Waals surface area contributed by atoms with Crippen LogP contribution in [0.3, 0.4) is 0 Å². The molecule has 0 radical (unpaired) electrons. The summed E-state index contributed by atoms with van der Waals surface area (Å²) in [5, 5.41) is 11.7. The molecule has 0 fully saturated rings. The smallest absolute Gasteiger partial charge is 0.191 e. The van der Waals surface area contributed by atoms with Crippen molar-refractivity contribution >= 4 is 41.5 Å². The summed E-state index contributed by atoms with van der Waals surface area (Å²) in [6.07, 6.45) is 2.68. The van der Waals surface area contributed by atoms with Gasteiger partial charge in [0.25, 0.3) is 0 Å². The fourth-order valence-corrected chi connectivity index (χ4v) is 2.79. The first-order valence-electron chi connectivity index (χ1n) is 9.11. The minimum absolute atomic E-state index is 0. The number of rotatable bonds is 8. The van der Waals surface area contributed by atoms with Gasteiger partial charge in [-0.05, 0) is 50.8 Å². The van der Waals surface area contributed by atoms with Crippen molar-refractivity contribution < 1.29 is 0 Å². The van der Waals surface area contributed by atoms with Crippen molar-refractivity contribution in [2.24, 2.45) is 10.9 Å². The van der Waals surface area contributed by atoms with Gasteiger partial charge in [0.15, 0.2) is 5.96 Å². The number of aliphatic imine (C=N–C) groups is 1. The topological polar surface area (TPSA) is 67.1 Å². The first-order chi connectivity index (χ1) is 12.5. The van der Waals surface area contributed by atoms with Crippen LogP contribution in [0.1, 0.15) is 30.8 Å². The zero-order chi connectivity index (χ0) is 18.9. The molecule has 0 saturated carbocycles. The summed E-state index contributed by atoms with van der Waals surface area (Å²) in [4.78, 5) is 8.81. The van der Waals surface area contributed by atoms with Gasteiger partial charge in [0.2, 0.25) is 0 Å². The molecule has 6 nitrogen and oxygen atoms in total. The maximum Gasteiger partial charge on any atom is 0.191 e. The van der Waals surface area contributed by atoms with Gasteiger partial charge in [-0.2, -0.15) is 5.10 Å². The third-order valence-corrected chi connectivity index (χ3v) is 4.21. The summed E-state index contributed by atoms with van der Waals surface area (Å²) in [6.45, 7) is 11.6. The second-order valence-electron chi connectivity index (χ2n) is 6.60. The lowest BCUT2D eigenvalue weighted by Crippen LogP contribution is -2.38. The number of hydrogen-bond acceptors (Lipinski definition) is 3. The molecule has 8 heteroatoms. The minimum Gasteiger partial charge on any atom is -0.357 e. The van der Waals surface area contributed by atoms with Crippen LogP contribution in [0.2, 0.25) is 5.15 Å². The fraction of sp³-hybridized carbons (Fsp3) is 0.526. The van der Waals surface area contributed by atoms with E-state index in [2.05, 4.69) is 52.2 Å². The van der Waals surface area contributed by atoms with Crippen LogP contribution in [0.15, 0.2) is 29.4 Å². The molecule has 150 valence electrons. The molecular formula is C19H30ClIN6. The van der Waals surface area contributed by atoms with Gasteiger partial charge in [-0.1, -0.05) is 24.6 Å². The Morgan fingerprint density at radius 3 is 2.67 bits per heavy atom. The zero-order valence-electron chi connectivity index (χ0n) is 16.5. The summed E-state index contributed by atoms with van der Waals surface area (Å²) in [7, 11) is 0. The molecule has 2 heterocycles. The van der Waals surface area contributed by atoms with Crippen LogP contribution in [0.5, 0.6) is 0 Å². The van der Waals surface area contributed by atoms with E-state index < -0.39 is 0 Å². The molecule has 1 unspecified atom stereocenters. The lowest BCUT2D eigenvalue weighted by molar-refractivity contribution is 0.449. The van der Waals surface area contributed by atoms with Crippen LogP contribution in [0.4, 0.5) is 0 Å². The Hall–Kier alpha value is -1.35. The molecule has 2 N–H and O–H groups in total. The van der Waals surface area contributed by atoms with Crippen molar-refractivity contribution in [3.05, 3.63) is 46.5 Å². The Kier molecular flexibility index (Phi) is 10.7. The normalized spacial score (nSPS) is 12.4. The van der Waals surface area contributed by atoms with Gasteiger partial charge in [0, 0.05) is 38.1 Å². The lowest BCUT2D eigenvalue weighted by Gasteiger charge is -2.14. The molecular weight excluding hydrogens is 475 g/mol. The lowest BCUT2D eigenvalue weighted by atomic mass is 10.2. The number of guanidine groups is 1. The van der Waals surface area contributed by atoms with Crippen molar-refractivity contribution in [3.63, 3.8) is 0 Å². The molecule has 0 aliphatic rings. The summed E-state index contributed by atoms with van der Waals surface area (Å²) in [6, 6.07) is 5.92. The number of aryl methyl sites for hydroxylation is 2. The number of aromatic nitrogens is 3. The Bertz CT molecular complexity index is 713.